The van der Waals surface area contributed by atoms with Crippen LogP contribution in [0, 0.1) is 0 Å². The summed E-state index contributed by atoms with van der Waals surface area (Å²) in [4.78, 5) is 40.4. The number of carbonyl (C=O) groups excluding carboxylic acids is 3. The molecule has 2 N–H and O–H groups in total. The topological polar surface area (TPSA) is 81.8 Å². The molecule has 3 amide bonds. The molecule has 144 valence electrons. The van der Waals surface area contributed by atoms with E-state index in [1.54, 1.807) is 4.90 Å². The van der Waals surface area contributed by atoms with Crippen molar-refractivity contribution < 1.29 is 14.4 Å². The average Bonchev–Trinajstić information content (AvgIpc) is 2.93. The number of hydrogen-bond donors (Lipinski definition) is 2. The average molecular weight is 370 g/mol. The van der Waals surface area contributed by atoms with Gasteiger partial charge in [-0.05, 0) is 37.5 Å². The number of benzene rings is 1. The summed E-state index contributed by atoms with van der Waals surface area (Å²) in [5, 5.41) is 5.78. The van der Waals surface area contributed by atoms with Crippen molar-refractivity contribution >= 4 is 17.7 Å². The molecule has 1 aromatic rings. The first-order valence-corrected chi connectivity index (χ1v) is 9.57. The number of hydrogen-bond acceptors (Lipinski definition) is 5. The summed E-state index contributed by atoms with van der Waals surface area (Å²) in [5.41, 5.74) is 2.91. The number of rotatable bonds is 3. The maximum atomic E-state index is 12.8. The fourth-order valence-corrected chi connectivity index (χ4v) is 4.26. The molecule has 1 unspecified atom stereocenters. The van der Waals surface area contributed by atoms with Crippen molar-refractivity contribution in [2.75, 3.05) is 19.6 Å². The number of carbonyl (C=O) groups is 3. The Labute approximate surface area is 159 Å². The smallest absolute Gasteiger partial charge is 0.255 e. The lowest BCUT2D eigenvalue weighted by Gasteiger charge is -2.43. The number of piperidine rings is 1. The zero-order valence-electron chi connectivity index (χ0n) is 15.9. The first kappa shape index (κ1) is 18.1. The highest BCUT2D eigenvalue weighted by Gasteiger charge is 2.39. The highest BCUT2D eigenvalue weighted by Crippen LogP contribution is 2.29. The van der Waals surface area contributed by atoms with E-state index in [1.807, 2.05) is 12.1 Å². The largest absolute Gasteiger partial charge is 0.322 e. The molecule has 4 rings (SSSR count). The molecule has 1 aromatic carbocycles. The van der Waals surface area contributed by atoms with E-state index in [0.29, 0.717) is 18.5 Å². The van der Waals surface area contributed by atoms with Gasteiger partial charge in [0.1, 0.15) is 6.04 Å². The molecule has 7 heteroatoms. The Morgan fingerprint density at radius 3 is 2.78 bits per heavy atom. The normalized spacial score (nSPS) is 25.5. The Bertz CT molecular complexity index is 804. The predicted octanol–water partition coefficient (Wildman–Crippen LogP) is 0.631. The summed E-state index contributed by atoms with van der Waals surface area (Å²) in [7, 11) is 0. The van der Waals surface area contributed by atoms with Gasteiger partial charge in [-0.15, -0.1) is 0 Å². The van der Waals surface area contributed by atoms with Crippen molar-refractivity contribution in [2.45, 2.75) is 51.4 Å². The van der Waals surface area contributed by atoms with Crippen LogP contribution in [0.4, 0.5) is 0 Å². The van der Waals surface area contributed by atoms with Crippen molar-refractivity contribution in [3.63, 3.8) is 0 Å². The number of fused-ring (bicyclic) bond motifs is 1. The Hall–Kier alpha value is -2.25. The molecule has 0 bridgehead atoms. The van der Waals surface area contributed by atoms with Crippen LogP contribution in [-0.2, 0) is 22.7 Å². The molecule has 3 aliphatic heterocycles. The monoisotopic (exact) mass is 370 g/mol. The van der Waals surface area contributed by atoms with Gasteiger partial charge in [0, 0.05) is 50.2 Å². The molecule has 3 aliphatic rings. The molecular formula is C20H26N4O3. The van der Waals surface area contributed by atoms with Crippen LogP contribution in [0.5, 0.6) is 0 Å². The van der Waals surface area contributed by atoms with Gasteiger partial charge in [-0.1, -0.05) is 12.1 Å². The number of nitrogens with one attached hydrogen (secondary N) is 2. The van der Waals surface area contributed by atoms with Gasteiger partial charge >= 0.3 is 0 Å². The van der Waals surface area contributed by atoms with Crippen LogP contribution < -0.4 is 10.6 Å². The highest BCUT2D eigenvalue weighted by molar-refractivity contribution is 6.05. The Kier molecular flexibility index (Phi) is 4.52. The Morgan fingerprint density at radius 2 is 2.04 bits per heavy atom. The van der Waals surface area contributed by atoms with Gasteiger partial charge in [0.2, 0.25) is 11.8 Å². The molecule has 0 aromatic heterocycles. The molecule has 0 aliphatic carbocycles. The Morgan fingerprint density at radius 1 is 1.22 bits per heavy atom. The van der Waals surface area contributed by atoms with E-state index in [4.69, 9.17) is 0 Å². The first-order valence-electron chi connectivity index (χ1n) is 9.57. The van der Waals surface area contributed by atoms with E-state index in [9.17, 15) is 14.4 Å². The van der Waals surface area contributed by atoms with Gasteiger partial charge in [0.05, 0.1) is 0 Å². The summed E-state index contributed by atoms with van der Waals surface area (Å²) >= 11 is 0. The first-order chi connectivity index (χ1) is 12.8. The summed E-state index contributed by atoms with van der Waals surface area (Å²) in [6.07, 6.45) is 0.673. The third-order valence-electron chi connectivity index (χ3n) is 5.93. The van der Waals surface area contributed by atoms with Crippen LogP contribution in [0.15, 0.2) is 18.2 Å². The predicted molar refractivity (Wildman–Crippen MR) is 99.8 cm³/mol. The van der Waals surface area contributed by atoms with Crippen LogP contribution >= 0.6 is 0 Å². The second-order valence-corrected chi connectivity index (χ2v) is 8.30. The summed E-state index contributed by atoms with van der Waals surface area (Å²) in [6.45, 7) is 8.68. The molecular weight excluding hydrogens is 344 g/mol. The number of nitrogens with zero attached hydrogens (tertiary/aromatic N) is 2. The standard InChI is InChI=1S/C20H26N4O3/c1-20(2)12-21-7-8-23(20)10-13-3-4-15-14(9-13)11-24(19(15)27)16-5-6-17(25)22-18(16)26/h3-4,9,16,21H,5-8,10-12H2,1-2H3,(H,22,25,26). The van der Waals surface area contributed by atoms with Gasteiger partial charge in [0.15, 0.2) is 0 Å². The second kappa shape index (κ2) is 6.73. The van der Waals surface area contributed by atoms with Gasteiger partial charge in [-0.2, -0.15) is 0 Å². The summed E-state index contributed by atoms with van der Waals surface area (Å²) in [6, 6.07) is 5.44. The van der Waals surface area contributed by atoms with Gasteiger partial charge in [0.25, 0.3) is 5.91 Å². The van der Waals surface area contributed by atoms with E-state index in [0.717, 1.165) is 31.7 Å². The Balaban J connectivity index is 1.51. The lowest BCUT2D eigenvalue weighted by molar-refractivity contribution is -0.136. The van der Waals surface area contributed by atoms with Crippen molar-refractivity contribution in [3.8, 4) is 0 Å². The summed E-state index contributed by atoms with van der Waals surface area (Å²) in [5.74, 6) is -0.745. The van der Waals surface area contributed by atoms with Crippen molar-refractivity contribution in [2.24, 2.45) is 0 Å². The fourth-order valence-electron chi connectivity index (χ4n) is 4.26. The maximum Gasteiger partial charge on any atom is 0.255 e. The van der Waals surface area contributed by atoms with Crippen LogP contribution in [0.2, 0.25) is 0 Å². The molecule has 0 spiro atoms. The number of piperazine rings is 1. The van der Waals surface area contributed by atoms with Gasteiger partial charge in [-0.3, -0.25) is 24.6 Å². The van der Waals surface area contributed by atoms with Crippen LogP contribution in [0.25, 0.3) is 0 Å². The number of amides is 3. The SMILES string of the molecule is CC1(C)CNCCN1Cc1ccc2c(c1)CN(C1CCC(=O)NC1=O)C2=O. The molecule has 7 nitrogen and oxygen atoms in total. The maximum absolute atomic E-state index is 12.8. The van der Waals surface area contributed by atoms with Gasteiger partial charge in [-0.25, -0.2) is 0 Å². The van der Waals surface area contributed by atoms with E-state index in [2.05, 4.69) is 35.4 Å². The van der Waals surface area contributed by atoms with E-state index in [-0.39, 0.29) is 29.7 Å². The van der Waals surface area contributed by atoms with E-state index in [1.165, 1.54) is 5.56 Å². The summed E-state index contributed by atoms with van der Waals surface area (Å²) < 4.78 is 0. The third-order valence-corrected chi connectivity index (χ3v) is 5.93. The molecule has 27 heavy (non-hydrogen) atoms. The van der Waals surface area contributed by atoms with Crippen LogP contribution in [-0.4, -0.2) is 58.7 Å². The molecule has 2 fully saturated rings. The minimum atomic E-state index is -0.557. The molecule has 0 radical (unpaired) electrons. The van der Waals surface area contributed by atoms with E-state index < -0.39 is 6.04 Å². The zero-order valence-corrected chi connectivity index (χ0v) is 15.9. The highest BCUT2D eigenvalue weighted by atomic mass is 16.2. The van der Waals surface area contributed by atoms with Crippen LogP contribution in [0.1, 0.15) is 48.2 Å². The van der Waals surface area contributed by atoms with Crippen molar-refractivity contribution in [1.82, 2.24) is 20.4 Å². The van der Waals surface area contributed by atoms with Crippen LogP contribution in [0.3, 0.4) is 0 Å². The molecule has 0 saturated carbocycles. The quantitative estimate of drug-likeness (QED) is 0.763. The van der Waals surface area contributed by atoms with Crippen molar-refractivity contribution in [1.29, 1.82) is 0 Å². The lowest BCUT2D eigenvalue weighted by Crippen LogP contribution is -2.57. The molecule has 3 heterocycles. The minimum Gasteiger partial charge on any atom is -0.322 e. The van der Waals surface area contributed by atoms with Crippen molar-refractivity contribution in [3.05, 3.63) is 34.9 Å². The molecule has 2 saturated heterocycles. The lowest BCUT2D eigenvalue weighted by atomic mass is 9.98. The van der Waals surface area contributed by atoms with E-state index >= 15 is 0 Å². The van der Waals surface area contributed by atoms with Gasteiger partial charge < -0.3 is 10.2 Å². The fraction of sp³-hybridized carbons (Fsp3) is 0.550. The zero-order chi connectivity index (χ0) is 19.2. The third kappa shape index (κ3) is 3.37. The second-order valence-electron chi connectivity index (χ2n) is 8.30. The molecule has 1 atom stereocenters. The number of imide groups is 1. The minimum absolute atomic E-state index is 0.0891.